The highest BCUT2D eigenvalue weighted by atomic mass is 16.5. The molecule has 0 bridgehead atoms. The van der Waals surface area contributed by atoms with Gasteiger partial charge in [-0.1, -0.05) is 30.3 Å². The molecular formula is C21H22N2O3. The van der Waals surface area contributed by atoms with Gasteiger partial charge in [-0.25, -0.2) is 0 Å². The molecule has 0 spiro atoms. The van der Waals surface area contributed by atoms with Gasteiger partial charge in [0.05, 0.1) is 11.3 Å². The minimum atomic E-state index is -0.166. The lowest BCUT2D eigenvalue weighted by Crippen LogP contribution is -2.12. The second kappa shape index (κ2) is 7.87. The third-order valence-corrected chi connectivity index (χ3v) is 4.25. The van der Waals surface area contributed by atoms with Crippen molar-refractivity contribution in [1.82, 2.24) is 5.16 Å². The van der Waals surface area contributed by atoms with Crippen LogP contribution in [0, 0.1) is 13.8 Å². The second-order valence-electron chi connectivity index (χ2n) is 6.13. The number of aryl methyl sites for hydroxylation is 3. The summed E-state index contributed by atoms with van der Waals surface area (Å²) in [6.07, 6.45) is 0.925. The molecule has 1 N–H and O–H groups in total. The van der Waals surface area contributed by atoms with Crippen LogP contribution in [0.3, 0.4) is 0 Å². The van der Waals surface area contributed by atoms with E-state index in [4.69, 9.17) is 9.26 Å². The van der Waals surface area contributed by atoms with Crippen molar-refractivity contribution < 1.29 is 14.1 Å². The molecule has 1 aromatic heterocycles. The molecule has 0 aliphatic rings. The lowest BCUT2D eigenvalue weighted by Gasteiger charge is -2.09. The van der Waals surface area contributed by atoms with E-state index >= 15 is 0 Å². The van der Waals surface area contributed by atoms with Gasteiger partial charge >= 0.3 is 0 Å². The fourth-order valence-corrected chi connectivity index (χ4v) is 2.66. The molecule has 2 aromatic carbocycles. The number of ether oxygens (including phenoxy) is 1. The Kier molecular flexibility index (Phi) is 5.37. The molecule has 26 heavy (non-hydrogen) atoms. The standard InChI is InChI=1S/C21H22N2O3/c1-4-16-7-5-9-18(11-16)22-21(24)17-8-6-10-19(12-17)25-13-20-14(2)23-26-15(20)3/h5-12H,4,13H2,1-3H3,(H,22,24). The molecule has 5 nitrogen and oxygen atoms in total. The van der Waals surface area contributed by atoms with Crippen molar-refractivity contribution >= 4 is 11.6 Å². The van der Waals surface area contributed by atoms with E-state index in [0.29, 0.717) is 17.9 Å². The highest BCUT2D eigenvalue weighted by Gasteiger charge is 2.11. The van der Waals surface area contributed by atoms with Gasteiger partial charge in [0.2, 0.25) is 0 Å². The summed E-state index contributed by atoms with van der Waals surface area (Å²) in [7, 11) is 0. The number of hydrogen-bond acceptors (Lipinski definition) is 4. The summed E-state index contributed by atoms with van der Waals surface area (Å²) in [6.45, 7) is 6.17. The van der Waals surface area contributed by atoms with E-state index < -0.39 is 0 Å². The maximum Gasteiger partial charge on any atom is 0.255 e. The number of hydrogen-bond donors (Lipinski definition) is 1. The summed E-state index contributed by atoms with van der Waals surface area (Å²) in [5.74, 6) is 1.20. The zero-order valence-corrected chi connectivity index (χ0v) is 15.2. The molecule has 3 rings (SSSR count). The Hall–Kier alpha value is -3.08. The highest BCUT2D eigenvalue weighted by molar-refractivity contribution is 6.04. The van der Waals surface area contributed by atoms with Crippen LogP contribution in [0.5, 0.6) is 5.75 Å². The number of amides is 1. The van der Waals surface area contributed by atoms with Crippen molar-refractivity contribution in [2.45, 2.75) is 33.8 Å². The van der Waals surface area contributed by atoms with E-state index in [1.165, 1.54) is 5.56 Å². The van der Waals surface area contributed by atoms with Gasteiger partial charge in [0.15, 0.2) is 0 Å². The molecule has 0 aliphatic heterocycles. The van der Waals surface area contributed by atoms with Gasteiger partial charge in [-0.3, -0.25) is 4.79 Å². The summed E-state index contributed by atoms with van der Waals surface area (Å²) in [6, 6.07) is 15.0. The largest absolute Gasteiger partial charge is 0.489 e. The molecule has 0 radical (unpaired) electrons. The summed E-state index contributed by atoms with van der Waals surface area (Å²) in [5, 5.41) is 6.84. The third kappa shape index (κ3) is 4.11. The minimum Gasteiger partial charge on any atom is -0.489 e. The van der Waals surface area contributed by atoms with Crippen LogP contribution in [-0.4, -0.2) is 11.1 Å². The summed E-state index contributed by atoms with van der Waals surface area (Å²) < 4.78 is 10.9. The normalized spacial score (nSPS) is 10.6. The number of anilines is 1. The first kappa shape index (κ1) is 17.7. The van der Waals surface area contributed by atoms with Crippen molar-refractivity contribution in [1.29, 1.82) is 0 Å². The van der Waals surface area contributed by atoms with E-state index in [2.05, 4.69) is 17.4 Å². The van der Waals surface area contributed by atoms with Gasteiger partial charge in [0.25, 0.3) is 5.91 Å². The van der Waals surface area contributed by atoms with Gasteiger partial charge in [-0.05, 0) is 56.2 Å². The Balaban J connectivity index is 1.69. The highest BCUT2D eigenvalue weighted by Crippen LogP contribution is 2.19. The monoisotopic (exact) mass is 350 g/mol. The third-order valence-electron chi connectivity index (χ3n) is 4.25. The number of rotatable bonds is 6. The zero-order valence-electron chi connectivity index (χ0n) is 15.2. The van der Waals surface area contributed by atoms with Gasteiger partial charge < -0.3 is 14.6 Å². The van der Waals surface area contributed by atoms with Crippen LogP contribution >= 0.6 is 0 Å². The SMILES string of the molecule is CCc1cccc(NC(=O)c2cccc(OCc3c(C)noc3C)c2)c1. The predicted molar refractivity (Wildman–Crippen MR) is 101 cm³/mol. The van der Waals surface area contributed by atoms with Crippen LogP contribution in [0.25, 0.3) is 0 Å². The van der Waals surface area contributed by atoms with Crippen molar-refractivity contribution in [2.24, 2.45) is 0 Å². The molecule has 3 aromatic rings. The van der Waals surface area contributed by atoms with E-state index in [1.54, 1.807) is 18.2 Å². The number of nitrogens with one attached hydrogen (secondary N) is 1. The molecular weight excluding hydrogens is 328 g/mol. The van der Waals surface area contributed by atoms with Crippen LogP contribution in [0.2, 0.25) is 0 Å². The van der Waals surface area contributed by atoms with Crippen LogP contribution in [-0.2, 0) is 13.0 Å². The number of benzene rings is 2. The van der Waals surface area contributed by atoms with Crippen molar-refractivity contribution in [3.05, 3.63) is 76.7 Å². The maximum absolute atomic E-state index is 12.5. The average molecular weight is 350 g/mol. The van der Waals surface area contributed by atoms with Gasteiger partial charge in [-0.15, -0.1) is 0 Å². The first-order valence-electron chi connectivity index (χ1n) is 8.61. The Morgan fingerprint density at radius 3 is 2.69 bits per heavy atom. The van der Waals surface area contributed by atoms with Crippen LogP contribution in [0.15, 0.2) is 53.1 Å². The fraction of sp³-hybridized carbons (Fsp3) is 0.238. The van der Waals surface area contributed by atoms with E-state index in [0.717, 1.165) is 29.1 Å². The Morgan fingerprint density at radius 1 is 1.15 bits per heavy atom. The summed E-state index contributed by atoms with van der Waals surface area (Å²) in [5.41, 5.74) is 4.25. The second-order valence-corrected chi connectivity index (χ2v) is 6.13. The first-order chi connectivity index (χ1) is 12.6. The molecule has 0 atom stereocenters. The number of nitrogens with zero attached hydrogens (tertiary/aromatic N) is 1. The smallest absolute Gasteiger partial charge is 0.255 e. The molecule has 0 saturated carbocycles. The lowest BCUT2D eigenvalue weighted by atomic mass is 10.1. The molecule has 0 unspecified atom stereocenters. The minimum absolute atomic E-state index is 0.166. The number of aromatic nitrogens is 1. The average Bonchev–Trinajstić information content (AvgIpc) is 2.98. The van der Waals surface area contributed by atoms with Crippen LogP contribution < -0.4 is 10.1 Å². The molecule has 1 heterocycles. The van der Waals surface area contributed by atoms with E-state index in [-0.39, 0.29) is 5.91 Å². The lowest BCUT2D eigenvalue weighted by molar-refractivity contribution is 0.102. The molecule has 5 heteroatoms. The number of carbonyl (C=O) groups is 1. The molecule has 134 valence electrons. The molecule has 0 saturated heterocycles. The fourth-order valence-electron chi connectivity index (χ4n) is 2.66. The van der Waals surface area contributed by atoms with Crippen LogP contribution in [0.1, 0.15) is 39.9 Å². The topological polar surface area (TPSA) is 64.4 Å². The molecule has 0 aliphatic carbocycles. The first-order valence-corrected chi connectivity index (χ1v) is 8.61. The summed E-state index contributed by atoms with van der Waals surface area (Å²) >= 11 is 0. The van der Waals surface area contributed by atoms with Gasteiger partial charge in [-0.2, -0.15) is 0 Å². The molecule has 0 fully saturated rings. The summed E-state index contributed by atoms with van der Waals surface area (Å²) in [4.78, 5) is 12.5. The van der Waals surface area contributed by atoms with Crippen molar-refractivity contribution in [3.63, 3.8) is 0 Å². The van der Waals surface area contributed by atoms with E-state index in [9.17, 15) is 4.79 Å². The maximum atomic E-state index is 12.5. The van der Waals surface area contributed by atoms with Crippen molar-refractivity contribution in [2.75, 3.05) is 5.32 Å². The number of carbonyl (C=O) groups excluding carboxylic acids is 1. The Bertz CT molecular complexity index is 896. The Labute approximate surface area is 153 Å². The quantitative estimate of drug-likeness (QED) is 0.701. The predicted octanol–water partition coefficient (Wildman–Crippen LogP) is 4.69. The van der Waals surface area contributed by atoms with Gasteiger partial charge in [0.1, 0.15) is 18.1 Å². The van der Waals surface area contributed by atoms with E-state index in [1.807, 2.05) is 44.2 Å². The van der Waals surface area contributed by atoms with Crippen LogP contribution in [0.4, 0.5) is 5.69 Å². The molecule has 1 amide bonds. The zero-order chi connectivity index (χ0) is 18.5. The van der Waals surface area contributed by atoms with Gasteiger partial charge in [0, 0.05) is 11.3 Å². The van der Waals surface area contributed by atoms with Crippen molar-refractivity contribution in [3.8, 4) is 5.75 Å². The Morgan fingerprint density at radius 2 is 1.96 bits per heavy atom.